The molecule has 0 saturated carbocycles. The first kappa shape index (κ1) is 9.36. The molecule has 0 aliphatic carbocycles. The van der Waals surface area contributed by atoms with Crippen molar-refractivity contribution in [2.45, 2.75) is 12.3 Å². The van der Waals surface area contributed by atoms with Gasteiger partial charge in [0.05, 0.1) is 5.69 Å². The zero-order valence-corrected chi connectivity index (χ0v) is 9.75. The number of hydrogen-bond acceptors (Lipinski definition) is 3. The molecule has 78 valence electrons. The van der Waals surface area contributed by atoms with Gasteiger partial charge in [0.25, 0.3) is 0 Å². The Labute approximate surface area is 95.9 Å². The fourth-order valence-corrected chi connectivity index (χ4v) is 2.47. The van der Waals surface area contributed by atoms with Gasteiger partial charge in [0, 0.05) is 22.3 Å². The van der Waals surface area contributed by atoms with Crippen LogP contribution in [0.1, 0.15) is 18.0 Å². The van der Waals surface area contributed by atoms with Gasteiger partial charge in [-0.05, 0) is 31.2 Å². The zero-order chi connectivity index (χ0) is 10.3. The first-order valence-corrected chi connectivity index (χ1v) is 5.89. The smallest absolute Gasteiger partial charge is 0.167 e. The number of benzene rings is 1. The molecule has 2 aromatic rings. The molecule has 0 bridgehead atoms. The monoisotopic (exact) mass is 266 g/mol. The van der Waals surface area contributed by atoms with E-state index in [4.69, 9.17) is 4.52 Å². The van der Waals surface area contributed by atoms with Gasteiger partial charge in [-0.25, -0.2) is 0 Å². The van der Waals surface area contributed by atoms with E-state index in [0.717, 1.165) is 40.6 Å². The summed E-state index contributed by atoms with van der Waals surface area (Å²) in [6, 6.07) is 6.02. The molecule has 1 aromatic carbocycles. The van der Waals surface area contributed by atoms with Crippen molar-refractivity contribution >= 4 is 26.9 Å². The van der Waals surface area contributed by atoms with E-state index in [-0.39, 0.29) is 0 Å². The van der Waals surface area contributed by atoms with Crippen LogP contribution in [-0.2, 0) is 0 Å². The molecule has 1 atom stereocenters. The summed E-state index contributed by atoms with van der Waals surface area (Å²) in [6.07, 6.45) is 1.15. The quantitative estimate of drug-likeness (QED) is 0.863. The second kappa shape index (κ2) is 3.61. The van der Waals surface area contributed by atoms with Crippen LogP contribution >= 0.6 is 15.9 Å². The van der Waals surface area contributed by atoms with Crippen molar-refractivity contribution in [2.75, 3.05) is 13.1 Å². The van der Waals surface area contributed by atoms with Gasteiger partial charge in [-0.2, -0.15) is 0 Å². The van der Waals surface area contributed by atoms with Gasteiger partial charge in [-0.1, -0.05) is 21.1 Å². The molecule has 1 fully saturated rings. The Morgan fingerprint density at radius 1 is 1.47 bits per heavy atom. The number of fused-ring (bicyclic) bond motifs is 1. The summed E-state index contributed by atoms with van der Waals surface area (Å²) in [7, 11) is 0. The molecular formula is C11H11BrN2O. The Morgan fingerprint density at radius 2 is 2.40 bits per heavy atom. The SMILES string of the molecule is Brc1ccc2onc(C3CCNC3)c2c1. The van der Waals surface area contributed by atoms with Crippen LogP contribution in [-0.4, -0.2) is 18.2 Å². The van der Waals surface area contributed by atoms with Crippen LogP contribution in [0.25, 0.3) is 11.0 Å². The minimum Gasteiger partial charge on any atom is -0.356 e. The van der Waals surface area contributed by atoms with E-state index >= 15 is 0 Å². The number of halogens is 1. The Bertz CT molecular complexity index is 488. The average molecular weight is 267 g/mol. The lowest BCUT2D eigenvalue weighted by molar-refractivity contribution is 0.439. The molecule has 1 aliphatic heterocycles. The van der Waals surface area contributed by atoms with E-state index in [1.54, 1.807) is 0 Å². The Balaban J connectivity index is 2.13. The summed E-state index contributed by atoms with van der Waals surface area (Å²) in [5, 5.41) is 8.67. The van der Waals surface area contributed by atoms with Crippen LogP contribution in [0.5, 0.6) is 0 Å². The number of rotatable bonds is 1. The molecule has 0 spiro atoms. The summed E-state index contributed by atoms with van der Waals surface area (Å²) in [4.78, 5) is 0. The molecule has 1 aliphatic rings. The van der Waals surface area contributed by atoms with Crippen molar-refractivity contribution in [1.82, 2.24) is 10.5 Å². The molecule has 1 unspecified atom stereocenters. The lowest BCUT2D eigenvalue weighted by Crippen LogP contribution is -2.08. The minimum atomic E-state index is 0.501. The number of nitrogens with zero attached hydrogens (tertiary/aromatic N) is 1. The highest BCUT2D eigenvalue weighted by molar-refractivity contribution is 9.10. The summed E-state index contributed by atoms with van der Waals surface area (Å²) in [5.41, 5.74) is 1.97. The molecule has 1 saturated heterocycles. The topological polar surface area (TPSA) is 38.1 Å². The summed E-state index contributed by atoms with van der Waals surface area (Å²) >= 11 is 3.47. The maximum Gasteiger partial charge on any atom is 0.167 e. The molecule has 1 aromatic heterocycles. The van der Waals surface area contributed by atoms with Gasteiger partial charge in [0.1, 0.15) is 0 Å². The van der Waals surface area contributed by atoms with Gasteiger partial charge >= 0.3 is 0 Å². The van der Waals surface area contributed by atoms with Crippen LogP contribution in [0, 0.1) is 0 Å². The van der Waals surface area contributed by atoms with Crippen LogP contribution in [0.15, 0.2) is 27.2 Å². The molecule has 4 heteroatoms. The third-order valence-electron chi connectivity index (χ3n) is 2.91. The maximum absolute atomic E-state index is 5.32. The Morgan fingerprint density at radius 3 is 3.20 bits per heavy atom. The molecule has 3 nitrogen and oxygen atoms in total. The minimum absolute atomic E-state index is 0.501. The van der Waals surface area contributed by atoms with Gasteiger partial charge in [0.2, 0.25) is 0 Å². The van der Waals surface area contributed by atoms with E-state index in [9.17, 15) is 0 Å². The summed E-state index contributed by atoms with van der Waals surface area (Å²) in [6.45, 7) is 2.08. The molecule has 1 N–H and O–H groups in total. The standard InChI is InChI=1S/C11H11BrN2O/c12-8-1-2-10-9(5-8)11(14-15-10)7-3-4-13-6-7/h1-2,5,7,13H,3-4,6H2. The zero-order valence-electron chi connectivity index (χ0n) is 8.16. The molecule has 15 heavy (non-hydrogen) atoms. The second-order valence-corrected chi connectivity index (χ2v) is 4.81. The van der Waals surface area contributed by atoms with Gasteiger partial charge < -0.3 is 9.84 Å². The van der Waals surface area contributed by atoms with Crippen molar-refractivity contribution < 1.29 is 4.52 Å². The highest BCUT2D eigenvalue weighted by Crippen LogP contribution is 2.30. The first-order chi connectivity index (χ1) is 7.34. The lowest BCUT2D eigenvalue weighted by Gasteiger charge is -2.02. The van der Waals surface area contributed by atoms with Crippen LogP contribution in [0.2, 0.25) is 0 Å². The normalized spacial score (nSPS) is 21.3. The van der Waals surface area contributed by atoms with Crippen molar-refractivity contribution in [1.29, 1.82) is 0 Å². The lowest BCUT2D eigenvalue weighted by atomic mass is 10.0. The molecule has 0 radical (unpaired) electrons. The van der Waals surface area contributed by atoms with E-state index in [1.165, 1.54) is 0 Å². The largest absolute Gasteiger partial charge is 0.356 e. The van der Waals surface area contributed by atoms with E-state index in [0.29, 0.717) is 5.92 Å². The molecular weight excluding hydrogens is 256 g/mol. The van der Waals surface area contributed by atoms with Gasteiger partial charge in [-0.15, -0.1) is 0 Å². The van der Waals surface area contributed by atoms with E-state index in [2.05, 4.69) is 32.5 Å². The fraction of sp³-hybridized carbons (Fsp3) is 0.364. The van der Waals surface area contributed by atoms with Gasteiger partial charge in [0.15, 0.2) is 5.58 Å². The maximum atomic E-state index is 5.32. The number of nitrogens with one attached hydrogen (secondary N) is 1. The summed E-state index contributed by atoms with van der Waals surface area (Å²) < 4.78 is 6.39. The van der Waals surface area contributed by atoms with Crippen LogP contribution in [0.3, 0.4) is 0 Å². The number of hydrogen-bond donors (Lipinski definition) is 1. The highest BCUT2D eigenvalue weighted by atomic mass is 79.9. The van der Waals surface area contributed by atoms with Crippen molar-refractivity contribution in [3.63, 3.8) is 0 Å². The molecule has 2 heterocycles. The third kappa shape index (κ3) is 1.58. The Kier molecular flexibility index (Phi) is 2.25. The van der Waals surface area contributed by atoms with Crippen molar-refractivity contribution in [3.8, 4) is 0 Å². The van der Waals surface area contributed by atoms with Crippen molar-refractivity contribution in [3.05, 3.63) is 28.4 Å². The second-order valence-electron chi connectivity index (χ2n) is 3.90. The first-order valence-electron chi connectivity index (χ1n) is 5.10. The third-order valence-corrected chi connectivity index (χ3v) is 3.40. The average Bonchev–Trinajstić information content (AvgIpc) is 2.83. The van der Waals surface area contributed by atoms with Crippen LogP contribution in [0.4, 0.5) is 0 Å². The Hall–Kier alpha value is -0.870. The van der Waals surface area contributed by atoms with E-state index < -0.39 is 0 Å². The highest BCUT2D eigenvalue weighted by Gasteiger charge is 2.22. The molecule has 0 amide bonds. The summed E-state index contributed by atoms with van der Waals surface area (Å²) in [5.74, 6) is 0.501. The number of aromatic nitrogens is 1. The van der Waals surface area contributed by atoms with Crippen molar-refractivity contribution in [2.24, 2.45) is 0 Å². The fourth-order valence-electron chi connectivity index (χ4n) is 2.11. The van der Waals surface area contributed by atoms with E-state index in [1.807, 2.05) is 12.1 Å². The predicted octanol–water partition coefficient (Wildman–Crippen LogP) is 2.67. The van der Waals surface area contributed by atoms with Gasteiger partial charge in [-0.3, -0.25) is 0 Å². The van der Waals surface area contributed by atoms with Crippen LogP contribution < -0.4 is 5.32 Å². The molecule has 3 rings (SSSR count). The predicted molar refractivity (Wildman–Crippen MR) is 61.9 cm³/mol.